The number of para-hydroxylation sites is 2. The van der Waals surface area contributed by atoms with Gasteiger partial charge in [-0.1, -0.05) is 12.1 Å². The molecule has 160 valence electrons. The van der Waals surface area contributed by atoms with Gasteiger partial charge in [-0.2, -0.15) is 4.98 Å². The summed E-state index contributed by atoms with van der Waals surface area (Å²) in [5.74, 6) is 0.757. The molecule has 1 aliphatic rings. The number of ether oxygens (including phenoxy) is 1. The minimum absolute atomic E-state index is 0.147. The number of aryl methyl sites for hydroxylation is 1. The smallest absolute Gasteiger partial charge is 0.302 e. The largest absolute Gasteiger partial charge is 0.423 e. The summed E-state index contributed by atoms with van der Waals surface area (Å²) in [6.07, 6.45) is 1.38. The number of Topliss-reactive ketones (excluding diaryl/α,β-unsaturated/α-hetero) is 1. The Bertz CT molecular complexity index is 1190. The number of hydrogen-bond donors (Lipinski definition) is 1. The lowest BCUT2D eigenvalue weighted by Gasteiger charge is -2.26. The molecule has 31 heavy (non-hydrogen) atoms. The van der Waals surface area contributed by atoms with E-state index in [4.69, 9.17) is 9.15 Å². The summed E-state index contributed by atoms with van der Waals surface area (Å²) >= 11 is 0. The molecule has 0 radical (unpaired) electrons. The van der Waals surface area contributed by atoms with Crippen molar-refractivity contribution in [3.05, 3.63) is 48.0 Å². The van der Waals surface area contributed by atoms with Gasteiger partial charge in [-0.05, 0) is 43.3 Å². The Morgan fingerprint density at radius 1 is 1.10 bits per heavy atom. The number of aromatic nitrogens is 3. The summed E-state index contributed by atoms with van der Waals surface area (Å²) in [6, 6.07) is 13.7. The fraction of sp³-hybridized carbons (Fsp3) is 0.348. The zero-order valence-corrected chi connectivity index (χ0v) is 17.5. The van der Waals surface area contributed by atoms with Crippen molar-refractivity contribution in [3.8, 4) is 0 Å². The number of imidazole rings is 1. The summed E-state index contributed by atoms with van der Waals surface area (Å²) in [4.78, 5) is 24.1. The number of nitrogens with one attached hydrogen (secondary N) is 1. The number of nitrogens with zero attached hydrogens (tertiary/aromatic N) is 4. The molecule has 2 aromatic carbocycles. The Hall–Kier alpha value is -3.23. The van der Waals surface area contributed by atoms with Crippen LogP contribution >= 0.6 is 0 Å². The molecule has 1 fully saturated rings. The van der Waals surface area contributed by atoms with Gasteiger partial charge in [0.1, 0.15) is 5.52 Å². The minimum Gasteiger partial charge on any atom is -0.423 e. The molecule has 5 rings (SSSR count). The summed E-state index contributed by atoms with van der Waals surface area (Å²) in [5.41, 5.74) is 3.90. The molecule has 8 nitrogen and oxygen atoms in total. The summed E-state index contributed by atoms with van der Waals surface area (Å²) in [7, 11) is 1.92. The molecule has 0 bridgehead atoms. The number of rotatable bonds is 7. The van der Waals surface area contributed by atoms with E-state index in [9.17, 15) is 4.79 Å². The number of carbonyl (C=O) groups is 1. The number of oxazole rings is 1. The van der Waals surface area contributed by atoms with Crippen molar-refractivity contribution in [3.63, 3.8) is 0 Å². The van der Waals surface area contributed by atoms with E-state index < -0.39 is 0 Å². The molecular formula is C23H25N5O3. The first-order valence-electron chi connectivity index (χ1n) is 10.6. The van der Waals surface area contributed by atoms with Crippen LogP contribution < -0.4 is 5.32 Å². The molecule has 8 heteroatoms. The van der Waals surface area contributed by atoms with E-state index in [1.54, 1.807) is 0 Å². The molecule has 0 spiro atoms. The van der Waals surface area contributed by atoms with E-state index in [-0.39, 0.29) is 5.78 Å². The number of anilines is 2. The predicted molar refractivity (Wildman–Crippen MR) is 119 cm³/mol. The average Bonchev–Trinajstić information content (AvgIpc) is 3.34. The lowest BCUT2D eigenvalue weighted by molar-refractivity contribution is 0.0371. The van der Waals surface area contributed by atoms with E-state index in [2.05, 4.69) is 20.2 Å². The Morgan fingerprint density at radius 2 is 1.94 bits per heavy atom. The van der Waals surface area contributed by atoms with E-state index in [0.29, 0.717) is 29.5 Å². The third kappa shape index (κ3) is 4.17. The van der Waals surface area contributed by atoms with Gasteiger partial charge in [-0.3, -0.25) is 15.0 Å². The maximum atomic E-state index is 12.7. The second kappa shape index (κ2) is 8.49. The Kier molecular flexibility index (Phi) is 5.40. The maximum Gasteiger partial charge on any atom is 0.302 e. The first-order valence-corrected chi connectivity index (χ1v) is 10.6. The van der Waals surface area contributed by atoms with Crippen LogP contribution in [-0.2, 0) is 11.8 Å². The Labute approximate surface area is 179 Å². The van der Waals surface area contributed by atoms with Crippen LogP contribution in [-0.4, -0.2) is 58.1 Å². The van der Waals surface area contributed by atoms with Crippen molar-refractivity contribution in [2.45, 2.75) is 12.8 Å². The SMILES string of the molecule is Cn1c(Nc2nc3ccccc3o2)nc2cc(C(=O)CCCN3CCOCC3)ccc21. The van der Waals surface area contributed by atoms with Crippen molar-refractivity contribution >= 4 is 39.9 Å². The van der Waals surface area contributed by atoms with E-state index in [1.165, 1.54) is 0 Å². The number of morpholine rings is 1. The Morgan fingerprint density at radius 3 is 2.77 bits per heavy atom. The van der Waals surface area contributed by atoms with Gasteiger partial charge in [0.05, 0.1) is 24.2 Å². The van der Waals surface area contributed by atoms with Crippen LogP contribution in [0.3, 0.4) is 0 Å². The van der Waals surface area contributed by atoms with Crippen LogP contribution in [0.4, 0.5) is 12.0 Å². The van der Waals surface area contributed by atoms with Crippen molar-refractivity contribution in [2.75, 3.05) is 38.2 Å². The number of carbonyl (C=O) groups excluding carboxylic acids is 1. The molecule has 0 saturated carbocycles. The lowest BCUT2D eigenvalue weighted by Crippen LogP contribution is -2.36. The fourth-order valence-corrected chi connectivity index (χ4v) is 3.94. The van der Waals surface area contributed by atoms with Gasteiger partial charge in [-0.15, -0.1) is 0 Å². The standard InChI is InChI=1S/C23H25N5O3/c1-27-19-9-8-16(20(29)6-4-10-28-11-13-30-14-12-28)15-18(19)24-22(27)26-23-25-17-5-2-3-7-21(17)31-23/h2-3,5,7-9,15H,4,6,10-14H2,1H3,(H,24,25,26). The molecule has 0 atom stereocenters. The monoisotopic (exact) mass is 419 g/mol. The van der Waals surface area contributed by atoms with Gasteiger partial charge in [0.2, 0.25) is 5.95 Å². The van der Waals surface area contributed by atoms with Crippen molar-refractivity contribution in [1.29, 1.82) is 0 Å². The number of hydrogen-bond acceptors (Lipinski definition) is 7. The summed E-state index contributed by atoms with van der Waals surface area (Å²) < 4.78 is 13.0. The van der Waals surface area contributed by atoms with Gasteiger partial charge in [0.25, 0.3) is 0 Å². The van der Waals surface area contributed by atoms with Crippen LogP contribution in [0.5, 0.6) is 0 Å². The molecule has 1 saturated heterocycles. The first kappa shape index (κ1) is 19.7. The molecular weight excluding hydrogens is 394 g/mol. The van der Waals surface area contributed by atoms with Gasteiger partial charge >= 0.3 is 6.01 Å². The normalized spacial score (nSPS) is 15.0. The number of fused-ring (bicyclic) bond motifs is 2. The highest BCUT2D eigenvalue weighted by Crippen LogP contribution is 2.25. The van der Waals surface area contributed by atoms with Crippen LogP contribution in [0.1, 0.15) is 23.2 Å². The van der Waals surface area contributed by atoms with Crippen LogP contribution in [0.25, 0.3) is 22.1 Å². The molecule has 0 amide bonds. The zero-order valence-electron chi connectivity index (χ0n) is 17.5. The second-order valence-corrected chi connectivity index (χ2v) is 7.79. The molecule has 4 aromatic rings. The topological polar surface area (TPSA) is 85.4 Å². The summed E-state index contributed by atoms with van der Waals surface area (Å²) in [6.45, 7) is 4.39. The van der Waals surface area contributed by atoms with Crippen molar-refractivity contribution in [2.24, 2.45) is 7.05 Å². The third-order valence-electron chi connectivity index (χ3n) is 5.70. The quantitative estimate of drug-likeness (QED) is 0.457. The van der Waals surface area contributed by atoms with Gasteiger partial charge in [0.15, 0.2) is 11.4 Å². The predicted octanol–water partition coefficient (Wildman–Crippen LogP) is 3.75. The maximum absolute atomic E-state index is 12.7. The average molecular weight is 419 g/mol. The highest BCUT2D eigenvalue weighted by molar-refractivity contribution is 5.99. The number of benzene rings is 2. The van der Waals surface area contributed by atoms with Crippen LogP contribution in [0, 0.1) is 0 Å². The van der Waals surface area contributed by atoms with Gasteiger partial charge in [-0.25, -0.2) is 4.98 Å². The van der Waals surface area contributed by atoms with E-state index in [0.717, 1.165) is 55.8 Å². The minimum atomic E-state index is 0.147. The lowest BCUT2D eigenvalue weighted by atomic mass is 10.1. The van der Waals surface area contributed by atoms with Crippen molar-refractivity contribution < 1.29 is 13.9 Å². The Balaban J connectivity index is 1.28. The van der Waals surface area contributed by atoms with Gasteiger partial charge in [0, 0.05) is 32.1 Å². The van der Waals surface area contributed by atoms with Crippen LogP contribution in [0.2, 0.25) is 0 Å². The molecule has 1 N–H and O–H groups in total. The van der Waals surface area contributed by atoms with Crippen LogP contribution in [0.15, 0.2) is 46.9 Å². The summed E-state index contributed by atoms with van der Waals surface area (Å²) in [5, 5.41) is 3.14. The molecule has 0 aliphatic carbocycles. The molecule has 0 unspecified atom stereocenters. The van der Waals surface area contributed by atoms with E-state index in [1.807, 2.05) is 54.1 Å². The fourth-order valence-electron chi connectivity index (χ4n) is 3.94. The highest BCUT2D eigenvalue weighted by atomic mass is 16.5. The first-order chi connectivity index (χ1) is 15.2. The highest BCUT2D eigenvalue weighted by Gasteiger charge is 2.15. The van der Waals surface area contributed by atoms with E-state index >= 15 is 0 Å². The molecule has 3 heterocycles. The molecule has 2 aromatic heterocycles. The van der Waals surface area contributed by atoms with Crippen molar-refractivity contribution in [1.82, 2.24) is 19.4 Å². The number of ketones is 1. The zero-order chi connectivity index (χ0) is 21.2. The third-order valence-corrected chi connectivity index (χ3v) is 5.70. The molecule has 1 aliphatic heterocycles. The second-order valence-electron chi connectivity index (χ2n) is 7.79. The van der Waals surface area contributed by atoms with Gasteiger partial charge < -0.3 is 13.7 Å².